The summed E-state index contributed by atoms with van der Waals surface area (Å²) in [6.45, 7) is 7.06. The van der Waals surface area contributed by atoms with E-state index in [1.807, 2.05) is 13.1 Å². The van der Waals surface area contributed by atoms with Crippen LogP contribution < -0.4 is 0 Å². The summed E-state index contributed by atoms with van der Waals surface area (Å²) in [5, 5.41) is 23.0. The molecule has 4 saturated carbocycles. The first-order valence-corrected chi connectivity index (χ1v) is 10.2. The van der Waals surface area contributed by atoms with E-state index in [1.54, 1.807) is 0 Å². The molecule has 4 aliphatic rings. The fraction of sp³-hybridized carbons (Fsp3) is 0.952. The third-order valence-corrected chi connectivity index (χ3v) is 9.27. The molecule has 4 aliphatic carbocycles. The molecule has 4 fully saturated rings. The lowest BCUT2D eigenvalue weighted by atomic mass is 9.44. The third kappa shape index (κ3) is 2.29. The maximum atomic E-state index is 10.6. The van der Waals surface area contributed by atoms with Crippen molar-refractivity contribution in [3.05, 3.63) is 0 Å². The van der Waals surface area contributed by atoms with Gasteiger partial charge in [-0.3, -0.25) is 0 Å². The van der Waals surface area contributed by atoms with Gasteiger partial charge in [0.15, 0.2) is 0 Å². The molecule has 0 aliphatic heterocycles. The molecule has 2 N–H and O–H groups in total. The highest BCUT2D eigenvalue weighted by atomic mass is 16.4. The SMILES string of the molecule is C[C@@]1(O)CC[C@@]2(C)[C@@H](CC[C@@H]3[C@@H]2CC[C@]2(C)[C@@H](/C=N/O)CC[C@@H]32)C1. The summed E-state index contributed by atoms with van der Waals surface area (Å²) >= 11 is 0. The maximum Gasteiger partial charge on any atom is 0.0622 e. The fourth-order valence-corrected chi connectivity index (χ4v) is 7.80. The Morgan fingerprint density at radius 2 is 1.62 bits per heavy atom. The highest BCUT2D eigenvalue weighted by molar-refractivity contribution is 5.62. The summed E-state index contributed by atoms with van der Waals surface area (Å²) in [6.07, 6.45) is 12.8. The highest BCUT2D eigenvalue weighted by Crippen LogP contribution is 2.67. The Labute approximate surface area is 146 Å². The molecule has 0 unspecified atom stereocenters. The number of rotatable bonds is 1. The average molecular weight is 334 g/mol. The minimum absolute atomic E-state index is 0.344. The Hall–Kier alpha value is -0.570. The highest BCUT2D eigenvalue weighted by Gasteiger charge is 2.60. The van der Waals surface area contributed by atoms with Crippen LogP contribution in [0.15, 0.2) is 5.16 Å². The zero-order valence-corrected chi connectivity index (χ0v) is 15.7. The monoisotopic (exact) mass is 333 g/mol. The Bertz CT molecular complexity index is 530. The Kier molecular flexibility index (Phi) is 3.84. The van der Waals surface area contributed by atoms with E-state index in [0.717, 1.165) is 30.6 Å². The fourth-order valence-electron chi connectivity index (χ4n) is 7.80. The van der Waals surface area contributed by atoms with Gasteiger partial charge in [-0.05, 0) is 99.2 Å². The second-order valence-corrected chi connectivity index (χ2v) is 10.4. The molecule has 0 aromatic carbocycles. The van der Waals surface area contributed by atoms with E-state index in [0.29, 0.717) is 22.7 Å². The van der Waals surface area contributed by atoms with Gasteiger partial charge in [-0.1, -0.05) is 13.8 Å². The molecule has 3 heteroatoms. The first-order valence-electron chi connectivity index (χ1n) is 10.2. The molecule has 0 heterocycles. The predicted octanol–water partition coefficient (Wildman–Crippen LogP) is 4.86. The van der Waals surface area contributed by atoms with Crippen LogP contribution in [0.4, 0.5) is 0 Å². The van der Waals surface area contributed by atoms with Crippen LogP contribution in [-0.2, 0) is 0 Å². The van der Waals surface area contributed by atoms with E-state index in [-0.39, 0.29) is 0 Å². The second-order valence-electron chi connectivity index (χ2n) is 10.4. The molecule has 136 valence electrons. The summed E-state index contributed by atoms with van der Waals surface area (Å²) in [5.41, 5.74) is 0.350. The van der Waals surface area contributed by atoms with Crippen LogP contribution in [0.25, 0.3) is 0 Å². The topological polar surface area (TPSA) is 52.8 Å². The lowest BCUT2D eigenvalue weighted by Crippen LogP contribution is -2.55. The smallest absolute Gasteiger partial charge is 0.0622 e. The van der Waals surface area contributed by atoms with Gasteiger partial charge in [0.25, 0.3) is 0 Å². The minimum atomic E-state index is -0.434. The molecule has 0 radical (unpaired) electrons. The van der Waals surface area contributed by atoms with Crippen molar-refractivity contribution in [3.8, 4) is 0 Å². The molecular formula is C21H35NO2. The van der Waals surface area contributed by atoms with E-state index < -0.39 is 5.60 Å². The van der Waals surface area contributed by atoms with Crippen molar-refractivity contribution < 1.29 is 10.3 Å². The number of aliphatic hydroxyl groups is 1. The van der Waals surface area contributed by atoms with Gasteiger partial charge in [0.2, 0.25) is 0 Å². The number of hydrogen-bond acceptors (Lipinski definition) is 3. The van der Waals surface area contributed by atoms with Crippen molar-refractivity contribution >= 4 is 6.21 Å². The van der Waals surface area contributed by atoms with Crippen LogP contribution in [0.5, 0.6) is 0 Å². The molecule has 8 atom stereocenters. The molecule has 3 nitrogen and oxygen atoms in total. The third-order valence-electron chi connectivity index (χ3n) is 9.27. The summed E-state index contributed by atoms with van der Waals surface area (Å²) < 4.78 is 0. The van der Waals surface area contributed by atoms with Gasteiger partial charge in [-0.2, -0.15) is 0 Å². The summed E-state index contributed by atoms with van der Waals surface area (Å²) in [4.78, 5) is 0. The lowest BCUT2D eigenvalue weighted by Gasteiger charge is -2.61. The largest absolute Gasteiger partial charge is 0.411 e. The Morgan fingerprint density at radius 3 is 2.38 bits per heavy atom. The zero-order valence-electron chi connectivity index (χ0n) is 15.7. The summed E-state index contributed by atoms with van der Waals surface area (Å²) in [5.74, 6) is 3.67. The molecule has 24 heavy (non-hydrogen) atoms. The van der Waals surface area contributed by atoms with E-state index >= 15 is 0 Å². The number of hydrogen-bond donors (Lipinski definition) is 2. The van der Waals surface area contributed by atoms with E-state index in [1.165, 1.54) is 44.9 Å². The van der Waals surface area contributed by atoms with Crippen LogP contribution in [0.1, 0.15) is 78.6 Å². The molecule has 0 aromatic heterocycles. The lowest BCUT2D eigenvalue weighted by molar-refractivity contribution is -0.143. The Balaban J connectivity index is 1.60. The molecule has 0 saturated heterocycles. The second kappa shape index (κ2) is 5.46. The maximum absolute atomic E-state index is 10.6. The van der Waals surface area contributed by atoms with Crippen molar-refractivity contribution in [1.29, 1.82) is 0 Å². The van der Waals surface area contributed by atoms with E-state index in [4.69, 9.17) is 5.21 Å². The molecule has 4 rings (SSSR count). The summed E-state index contributed by atoms with van der Waals surface area (Å²) in [6, 6.07) is 0. The van der Waals surface area contributed by atoms with E-state index in [9.17, 15) is 5.11 Å². The Morgan fingerprint density at radius 1 is 0.875 bits per heavy atom. The number of fused-ring (bicyclic) bond motifs is 5. The van der Waals surface area contributed by atoms with Gasteiger partial charge in [-0.15, -0.1) is 5.16 Å². The van der Waals surface area contributed by atoms with Gasteiger partial charge in [0.05, 0.1) is 5.60 Å². The van der Waals surface area contributed by atoms with Gasteiger partial charge in [0, 0.05) is 12.1 Å². The van der Waals surface area contributed by atoms with Gasteiger partial charge in [0.1, 0.15) is 0 Å². The molecule has 0 amide bonds. The predicted molar refractivity (Wildman–Crippen MR) is 96.1 cm³/mol. The van der Waals surface area contributed by atoms with E-state index in [2.05, 4.69) is 19.0 Å². The van der Waals surface area contributed by atoms with Gasteiger partial charge in [-0.25, -0.2) is 0 Å². The van der Waals surface area contributed by atoms with Crippen molar-refractivity contribution in [2.45, 2.75) is 84.2 Å². The number of oxime groups is 1. The first-order chi connectivity index (χ1) is 11.3. The standard InChI is InChI=1S/C21H35NO2/c1-19(23)10-11-21(3)14(12-19)4-6-16-17-7-5-15(13-22-24)20(17,2)9-8-18(16)21/h13-18,23-24H,4-12H2,1-3H3/b22-13+/t14-,15+,16-,17-,18-,19+,20+,21-/m0/s1. The van der Waals surface area contributed by atoms with Gasteiger partial charge < -0.3 is 10.3 Å². The quantitative estimate of drug-likeness (QED) is 0.409. The molecule has 0 bridgehead atoms. The minimum Gasteiger partial charge on any atom is -0.411 e. The van der Waals surface area contributed by atoms with Crippen LogP contribution in [-0.4, -0.2) is 22.1 Å². The van der Waals surface area contributed by atoms with Crippen LogP contribution >= 0.6 is 0 Å². The first kappa shape index (κ1) is 16.9. The van der Waals surface area contributed by atoms with Crippen molar-refractivity contribution in [1.82, 2.24) is 0 Å². The normalized spacial score (nSPS) is 57.4. The molecule has 0 spiro atoms. The molecular weight excluding hydrogens is 298 g/mol. The molecule has 0 aromatic rings. The summed E-state index contributed by atoms with van der Waals surface area (Å²) in [7, 11) is 0. The number of nitrogens with zero attached hydrogens (tertiary/aromatic N) is 1. The van der Waals surface area contributed by atoms with Crippen LogP contribution in [0.3, 0.4) is 0 Å². The van der Waals surface area contributed by atoms with Crippen molar-refractivity contribution in [2.24, 2.45) is 45.6 Å². The average Bonchev–Trinajstić information content (AvgIpc) is 2.85. The van der Waals surface area contributed by atoms with Crippen molar-refractivity contribution in [2.75, 3.05) is 0 Å². The van der Waals surface area contributed by atoms with Gasteiger partial charge >= 0.3 is 0 Å². The van der Waals surface area contributed by atoms with Crippen LogP contribution in [0.2, 0.25) is 0 Å². The van der Waals surface area contributed by atoms with Crippen molar-refractivity contribution in [3.63, 3.8) is 0 Å². The zero-order chi connectivity index (χ0) is 17.2. The van der Waals surface area contributed by atoms with Crippen LogP contribution in [0, 0.1) is 40.4 Å².